The fourth-order valence-corrected chi connectivity index (χ4v) is 3.93. The van der Waals surface area contributed by atoms with Crippen molar-refractivity contribution >= 4 is 22.6 Å². The van der Waals surface area contributed by atoms with Gasteiger partial charge < -0.3 is 14.6 Å². The van der Waals surface area contributed by atoms with Gasteiger partial charge in [0.2, 0.25) is 0 Å². The van der Waals surface area contributed by atoms with Crippen LogP contribution in [0.15, 0.2) is 42.5 Å². The summed E-state index contributed by atoms with van der Waals surface area (Å²) in [6.45, 7) is 9.39. The molecule has 3 aromatic rings. The fourth-order valence-electron chi connectivity index (χ4n) is 3.93. The number of anilines is 1. The molecule has 0 radical (unpaired) electrons. The second kappa shape index (κ2) is 9.41. The zero-order valence-corrected chi connectivity index (χ0v) is 17.9. The predicted octanol–water partition coefficient (Wildman–Crippen LogP) is 4.23. The summed E-state index contributed by atoms with van der Waals surface area (Å²) in [7, 11) is 0. The molecule has 0 aliphatic carbocycles. The minimum absolute atomic E-state index is 0.0913. The minimum atomic E-state index is -0.0913. The van der Waals surface area contributed by atoms with Crippen LogP contribution >= 0.6 is 0 Å². The Morgan fingerprint density at radius 3 is 2.73 bits per heavy atom. The number of fused-ring (bicyclic) bond motifs is 1. The zero-order valence-electron chi connectivity index (χ0n) is 17.9. The summed E-state index contributed by atoms with van der Waals surface area (Å²) < 4.78 is 7.81. The van der Waals surface area contributed by atoms with Crippen LogP contribution in [0.1, 0.15) is 41.5 Å². The SMILES string of the molecule is CCCCn1c(CN2CCOCC2)nc2cc(NC(=O)c3ccccc3C)ccc21. The van der Waals surface area contributed by atoms with E-state index in [0.29, 0.717) is 5.56 Å². The maximum absolute atomic E-state index is 12.7. The molecule has 158 valence electrons. The Kier molecular flexibility index (Phi) is 6.45. The van der Waals surface area contributed by atoms with Gasteiger partial charge in [0.15, 0.2) is 0 Å². The molecule has 0 spiro atoms. The number of nitrogens with zero attached hydrogens (tertiary/aromatic N) is 3. The standard InChI is InChI=1S/C24H30N4O2/c1-3-4-11-28-22-10-9-19(25-24(29)20-8-6-5-7-18(20)2)16-21(22)26-23(28)17-27-12-14-30-15-13-27/h5-10,16H,3-4,11-15,17H2,1-2H3,(H,25,29). The molecule has 1 fully saturated rings. The van der Waals surface area contributed by atoms with Crippen molar-refractivity contribution in [3.63, 3.8) is 0 Å². The second-order valence-electron chi connectivity index (χ2n) is 7.89. The lowest BCUT2D eigenvalue weighted by atomic mass is 10.1. The number of carbonyl (C=O) groups is 1. The normalized spacial score (nSPS) is 14.9. The predicted molar refractivity (Wildman–Crippen MR) is 120 cm³/mol. The van der Waals surface area contributed by atoms with Crippen molar-refractivity contribution in [3.05, 3.63) is 59.4 Å². The van der Waals surface area contributed by atoms with Crippen LogP contribution in [0.4, 0.5) is 5.69 Å². The Labute approximate surface area is 177 Å². The second-order valence-corrected chi connectivity index (χ2v) is 7.89. The number of ether oxygens (including phenoxy) is 1. The van der Waals surface area contributed by atoms with Gasteiger partial charge in [0.05, 0.1) is 30.8 Å². The van der Waals surface area contributed by atoms with E-state index in [1.807, 2.05) is 43.3 Å². The van der Waals surface area contributed by atoms with Gasteiger partial charge in [-0.05, 0) is 43.2 Å². The molecule has 1 saturated heterocycles. The number of hydrogen-bond acceptors (Lipinski definition) is 4. The number of rotatable bonds is 7. The average molecular weight is 407 g/mol. The van der Waals surface area contributed by atoms with E-state index < -0.39 is 0 Å². The molecule has 0 saturated carbocycles. The van der Waals surface area contributed by atoms with Gasteiger partial charge in [-0.2, -0.15) is 0 Å². The van der Waals surface area contributed by atoms with Crippen molar-refractivity contribution in [1.82, 2.24) is 14.5 Å². The molecular weight excluding hydrogens is 376 g/mol. The largest absolute Gasteiger partial charge is 0.379 e. The number of carbonyl (C=O) groups excluding carboxylic acids is 1. The first kappa shape index (κ1) is 20.6. The average Bonchev–Trinajstić information content (AvgIpc) is 3.09. The van der Waals surface area contributed by atoms with Crippen LogP contribution < -0.4 is 5.32 Å². The van der Waals surface area contributed by atoms with E-state index in [2.05, 4.69) is 27.8 Å². The van der Waals surface area contributed by atoms with Crippen molar-refractivity contribution in [3.8, 4) is 0 Å². The van der Waals surface area contributed by atoms with Gasteiger partial charge in [0, 0.05) is 30.9 Å². The topological polar surface area (TPSA) is 59.4 Å². The van der Waals surface area contributed by atoms with Crippen molar-refractivity contribution in [2.24, 2.45) is 0 Å². The highest BCUT2D eigenvalue weighted by atomic mass is 16.5. The van der Waals surface area contributed by atoms with Gasteiger partial charge >= 0.3 is 0 Å². The molecule has 1 aliphatic heterocycles. The van der Waals surface area contributed by atoms with Crippen molar-refractivity contribution < 1.29 is 9.53 Å². The summed E-state index contributed by atoms with van der Waals surface area (Å²) in [5.74, 6) is 0.995. The number of nitrogens with one attached hydrogen (secondary N) is 1. The van der Waals surface area contributed by atoms with Gasteiger partial charge in [0.1, 0.15) is 5.82 Å². The number of imidazole rings is 1. The first-order valence-electron chi connectivity index (χ1n) is 10.8. The van der Waals surface area contributed by atoms with Gasteiger partial charge in [-0.25, -0.2) is 4.98 Å². The van der Waals surface area contributed by atoms with Gasteiger partial charge in [0.25, 0.3) is 5.91 Å². The summed E-state index contributed by atoms with van der Waals surface area (Å²) in [4.78, 5) is 20.0. The number of amides is 1. The maximum Gasteiger partial charge on any atom is 0.255 e. The van der Waals surface area contributed by atoms with E-state index in [-0.39, 0.29) is 5.91 Å². The minimum Gasteiger partial charge on any atom is -0.379 e. The molecule has 1 aliphatic rings. The fraction of sp³-hybridized carbons (Fsp3) is 0.417. The number of unbranched alkanes of at least 4 members (excludes halogenated alkanes) is 1. The number of morpholine rings is 1. The highest BCUT2D eigenvalue weighted by molar-refractivity contribution is 6.05. The van der Waals surface area contributed by atoms with Crippen LogP contribution in [0, 0.1) is 6.92 Å². The van der Waals surface area contributed by atoms with Crippen LogP contribution in [-0.4, -0.2) is 46.7 Å². The molecule has 0 atom stereocenters. The highest BCUT2D eigenvalue weighted by Crippen LogP contribution is 2.23. The molecule has 6 nitrogen and oxygen atoms in total. The highest BCUT2D eigenvalue weighted by Gasteiger charge is 2.17. The number of benzene rings is 2. The summed E-state index contributed by atoms with van der Waals surface area (Å²) in [5, 5.41) is 3.03. The van der Waals surface area contributed by atoms with E-state index >= 15 is 0 Å². The Morgan fingerprint density at radius 2 is 1.97 bits per heavy atom. The molecule has 30 heavy (non-hydrogen) atoms. The van der Waals surface area contributed by atoms with E-state index in [0.717, 1.165) is 80.3 Å². The Hall–Kier alpha value is -2.70. The van der Waals surface area contributed by atoms with Gasteiger partial charge in [-0.1, -0.05) is 31.5 Å². The maximum atomic E-state index is 12.7. The molecule has 0 bridgehead atoms. The van der Waals surface area contributed by atoms with Crippen LogP contribution in [0.3, 0.4) is 0 Å². The third-order valence-corrected chi connectivity index (χ3v) is 5.68. The first-order chi connectivity index (χ1) is 14.7. The third kappa shape index (κ3) is 4.55. The van der Waals surface area contributed by atoms with Crippen molar-refractivity contribution in [2.75, 3.05) is 31.6 Å². The lowest BCUT2D eigenvalue weighted by Gasteiger charge is -2.26. The molecule has 2 heterocycles. The van der Waals surface area contributed by atoms with Gasteiger partial charge in [-0.15, -0.1) is 0 Å². The molecular formula is C24H30N4O2. The molecule has 0 unspecified atom stereocenters. The monoisotopic (exact) mass is 406 g/mol. The van der Waals surface area contributed by atoms with E-state index in [1.165, 1.54) is 0 Å². The first-order valence-corrected chi connectivity index (χ1v) is 10.8. The van der Waals surface area contributed by atoms with Crippen molar-refractivity contribution in [1.29, 1.82) is 0 Å². The number of hydrogen-bond donors (Lipinski definition) is 1. The van der Waals surface area contributed by atoms with Crippen molar-refractivity contribution in [2.45, 2.75) is 39.8 Å². The Balaban J connectivity index is 1.59. The summed E-state index contributed by atoms with van der Waals surface area (Å²) in [5.41, 5.74) is 4.48. The zero-order chi connectivity index (χ0) is 20.9. The molecule has 1 amide bonds. The molecule has 1 aromatic heterocycles. The van der Waals surface area contributed by atoms with E-state index in [4.69, 9.17) is 9.72 Å². The smallest absolute Gasteiger partial charge is 0.255 e. The third-order valence-electron chi connectivity index (χ3n) is 5.68. The number of aryl methyl sites for hydroxylation is 2. The Morgan fingerprint density at radius 1 is 1.17 bits per heavy atom. The lowest BCUT2D eigenvalue weighted by molar-refractivity contribution is 0.0326. The van der Waals surface area contributed by atoms with Crippen LogP contribution in [0.5, 0.6) is 0 Å². The molecule has 2 aromatic carbocycles. The molecule has 6 heteroatoms. The summed E-state index contributed by atoms with van der Waals surface area (Å²) >= 11 is 0. The number of aromatic nitrogens is 2. The van der Waals surface area contributed by atoms with Crippen LogP contribution in [-0.2, 0) is 17.8 Å². The summed E-state index contributed by atoms with van der Waals surface area (Å²) in [6, 6.07) is 13.7. The quantitative estimate of drug-likeness (QED) is 0.638. The van der Waals surface area contributed by atoms with E-state index in [9.17, 15) is 4.79 Å². The molecule has 1 N–H and O–H groups in total. The lowest BCUT2D eigenvalue weighted by Crippen LogP contribution is -2.36. The van der Waals surface area contributed by atoms with Gasteiger partial charge in [-0.3, -0.25) is 9.69 Å². The Bertz CT molecular complexity index is 1020. The van der Waals surface area contributed by atoms with E-state index in [1.54, 1.807) is 0 Å². The van der Waals surface area contributed by atoms with Crippen LogP contribution in [0.25, 0.3) is 11.0 Å². The summed E-state index contributed by atoms with van der Waals surface area (Å²) in [6.07, 6.45) is 2.26. The molecule has 4 rings (SSSR count). The van der Waals surface area contributed by atoms with Crippen LogP contribution in [0.2, 0.25) is 0 Å².